The van der Waals surface area contributed by atoms with Crippen molar-refractivity contribution in [2.75, 3.05) is 13.2 Å². The van der Waals surface area contributed by atoms with E-state index in [0.29, 0.717) is 6.54 Å². The Labute approximate surface area is 132 Å². The van der Waals surface area contributed by atoms with Gasteiger partial charge in [-0.2, -0.15) is 0 Å². The van der Waals surface area contributed by atoms with Crippen molar-refractivity contribution in [3.63, 3.8) is 0 Å². The van der Waals surface area contributed by atoms with Gasteiger partial charge in [0.25, 0.3) is 0 Å². The monoisotopic (exact) mass is 299 g/mol. The summed E-state index contributed by atoms with van der Waals surface area (Å²) in [5.41, 5.74) is 2.31. The number of benzene rings is 2. The minimum Gasteiger partial charge on any atom is -0.508 e. The molecule has 0 fully saturated rings. The smallest absolute Gasteiger partial charge is 0.115 e. The van der Waals surface area contributed by atoms with Crippen molar-refractivity contribution < 1.29 is 10.2 Å². The lowest BCUT2D eigenvalue weighted by atomic mass is 9.75. The molecule has 0 aliphatic heterocycles. The first-order valence-electron chi connectivity index (χ1n) is 7.71. The number of phenols is 1. The second-order valence-electron chi connectivity index (χ2n) is 6.19. The molecular formula is C19H25NO2. The summed E-state index contributed by atoms with van der Waals surface area (Å²) in [5.74, 6) is 0.280. The maximum Gasteiger partial charge on any atom is 0.115 e. The molecule has 2 aromatic rings. The van der Waals surface area contributed by atoms with Gasteiger partial charge < -0.3 is 15.5 Å². The van der Waals surface area contributed by atoms with Crippen LogP contribution in [0.2, 0.25) is 0 Å². The first-order valence-corrected chi connectivity index (χ1v) is 7.71. The zero-order chi connectivity index (χ0) is 16.0. The molecule has 0 aromatic heterocycles. The van der Waals surface area contributed by atoms with E-state index >= 15 is 0 Å². The number of rotatable bonds is 7. The number of nitrogens with one attached hydrogen (secondary N) is 1. The number of hydrogen-bond acceptors (Lipinski definition) is 3. The van der Waals surface area contributed by atoms with Crippen LogP contribution in [0.25, 0.3) is 0 Å². The van der Waals surface area contributed by atoms with Crippen LogP contribution in [0.4, 0.5) is 0 Å². The molecule has 0 radical (unpaired) electrons. The van der Waals surface area contributed by atoms with Crippen molar-refractivity contribution >= 4 is 0 Å². The van der Waals surface area contributed by atoms with Gasteiger partial charge >= 0.3 is 0 Å². The molecule has 3 N–H and O–H groups in total. The number of aliphatic hydroxyl groups is 1. The zero-order valence-corrected chi connectivity index (χ0v) is 13.3. The van der Waals surface area contributed by atoms with Crippen molar-refractivity contribution in [1.29, 1.82) is 0 Å². The predicted octanol–water partition coefficient (Wildman–Crippen LogP) is 2.86. The quantitative estimate of drug-likeness (QED) is 0.737. The van der Waals surface area contributed by atoms with Crippen LogP contribution in [0, 0.1) is 0 Å². The predicted molar refractivity (Wildman–Crippen MR) is 90.2 cm³/mol. The molecule has 0 saturated carbocycles. The third-order valence-corrected chi connectivity index (χ3v) is 4.27. The lowest BCUT2D eigenvalue weighted by Crippen LogP contribution is -2.47. The number of aliphatic hydroxyl groups excluding tert-OH is 1. The highest BCUT2D eigenvalue weighted by Crippen LogP contribution is 2.30. The average Bonchev–Trinajstić information content (AvgIpc) is 2.52. The number of aromatic hydroxyl groups is 1. The molecule has 0 bridgehead atoms. The second kappa shape index (κ2) is 7.43. The topological polar surface area (TPSA) is 52.5 Å². The van der Waals surface area contributed by atoms with Gasteiger partial charge in [0, 0.05) is 18.0 Å². The Kier molecular flexibility index (Phi) is 5.58. The molecule has 0 spiro atoms. The van der Waals surface area contributed by atoms with Gasteiger partial charge in [0.1, 0.15) is 5.75 Å². The average molecular weight is 299 g/mol. The molecule has 0 heterocycles. The van der Waals surface area contributed by atoms with E-state index in [1.807, 2.05) is 30.3 Å². The van der Waals surface area contributed by atoms with Crippen molar-refractivity contribution in [2.24, 2.45) is 0 Å². The van der Waals surface area contributed by atoms with Crippen LogP contribution in [-0.4, -0.2) is 29.4 Å². The van der Waals surface area contributed by atoms with Crippen molar-refractivity contribution in [2.45, 2.75) is 31.7 Å². The fraction of sp³-hybridized carbons (Fsp3) is 0.368. The first-order chi connectivity index (χ1) is 10.5. The van der Waals surface area contributed by atoms with Crippen molar-refractivity contribution in [1.82, 2.24) is 5.32 Å². The van der Waals surface area contributed by atoms with Gasteiger partial charge in [-0.3, -0.25) is 0 Å². The summed E-state index contributed by atoms with van der Waals surface area (Å²) in [6, 6.07) is 17.9. The fourth-order valence-electron chi connectivity index (χ4n) is 2.76. The molecule has 1 atom stereocenters. The number of phenolic OH excluding ortho intramolecular Hbond substituents is 1. The first kappa shape index (κ1) is 16.5. The van der Waals surface area contributed by atoms with Crippen LogP contribution in [0.1, 0.15) is 25.0 Å². The van der Waals surface area contributed by atoms with E-state index in [0.717, 1.165) is 12.0 Å². The number of hydrogen-bond donors (Lipinski definition) is 3. The Bertz CT molecular complexity index is 564. The maximum atomic E-state index is 9.49. The molecule has 3 nitrogen and oxygen atoms in total. The van der Waals surface area contributed by atoms with Crippen LogP contribution in [-0.2, 0) is 11.8 Å². The minimum atomic E-state index is -0.126. The third-order valence-electron chi connectivity index (χ3n) is 4.27. The molecule has 2 rings (SSSR count). The van der Waals surface area contributed by atoms with E-state index in [-0.39, 0.29) is 23.8 Å². The van der Waals surface area contributed by atoms with E-state index in [4.69, 9.17) is 5.11 Å². The lowest BCUT2D eigenvalue weighted by Gasteiger charge is -2.36. The molecule has 118 valence electrons. The summed E-state index contributed by atoms with van der Waals surface area (Å²) >= 11 is 0. The van der Waals surface area contributed by atoms with Gasteiger partial charge in [-0.25, -0.2) is 0 Å². The molecule has 0 aliphatic carbocycles. The fourth-order valence-corrected chi connectivity index (χ4v) is 2.76. The third kappa shape index (κ3) is 4.09. The Morgan fingerprint density at radius 2 is 1.64 bits per heavy atom. The largest absolute Gasteiger partial charge is 0.508 e. The van der Waals surface area contributed by atoms with Gasteiger partial charge in [-0.05, 0) is 29.7 Å². The van der Waals surface area contributed by atoms with Gasteiger partial charge in [0.05, 0.1) is 6.61 Å². The Morgan fingerprint density at radius 1 is 1.00 bits per heavy atom. The zero-order valence-electron chi connectivity index (χ0n) is 13.3. The summed E-state index contributed by atoms with van der Waals surface area (Å²) in [6.07, 6.45) is 0.884. The molecule has 0 aliphatic rings. The van der Waals surface area contributed by atoms with E-state index in [9.17, 15) is 5.11 Å². The second-order valence-corrected chi connectivity index (χ2v) is 6.19. The summed E-state index contributed by atoms with van der Waals surface area (Å²) in [5, 5.41) is 22.1. The Balaban J connectivity index is 2.24. The molecule has 3 heteroatoms. The normalized spacial score (nSPS) is 13.0. The minimum absolute atomic E-state index is 0.122. The van der Waals surface area contributed by atoms with Crippen LogP contribution in [0.15, 0.2) is 54.6 Å². The van der Waals surface area contributed by atoms with Crippen LogP contribution >= 0.6 is 0 Å². The van der Waals surface area contributed by atoms with Crippen molar-refractivity contribution in [3.05, 3.63) is 65.7 Å². The molecule has 0 saturated heterocycles. The van der Waals surface area contributed by atoms with E-state index in [1.165, 1.54) is 5.56 Å². The molecular weight excluding hydrogens is 274 g/mol. The summed E-state index contributed by atoms with van der Waals surface area (Å²) < 4.78 is 0. The maximum absolute atomic E-state index is 9.49. The van der Waals surface area contributed by atoms with Crippen LogP contribution in [0.3, 0.4) is 0 Å². The van der Waals surface area contributed by atoms with Gasteiger partial charge in [-0.15, -0.1) is 0 Å². The highest BCUT2D eigenvalue weighted by atomic mass is 16.3. The highest BCUT2D eigenvalue weighted by Gasteiger charge is 2.31. The Morgan fingerprint density at radius 3 is 2.23 bits per heavy atom. The molecule has 2 aromatic carbocycles. The van der Waals surface area contributed by atoms with Gasteiger partial charge in [0.15, 0.2) is 0 Å². The lowest BCUT2D eigenvalue weighted by molar-refractivity contribution is 0.261. The summed E-state index contributed by atoms with van der Waals surface area (Å²) in [4.78, 5) is 0. The van der Waals surface area contributed by atoms with Gasteiger partial charge in [-0.1, -0.05) is 56.3 Å². The molecule has 22 heavy (non-hydrogen) atoms. The summed E-state index contributed by atoms with van der Waals surface area (Å²) in [7, 11) is 0. The molecule has 0 amide bonds. The highest BCUT2D eigenvalue weighted by molar-refractivity contribution is 5.33. The summed E-state index contributed by atoms with van der Waals surface area (Å²) in [6.45, 7) is 5.07. The van der Waals surface area contributed by atoms with E-state index in [2.05, 4.69) is 31.3 Å². The van der Waals surface area contributed by atoms with Gasteiger partial charge in [0.2, 0.25) is 0 Å². The Hall–Kier alpha value is -1.84. The van der Waals surface area contributed by atoms with Crippen LogP contribution in [0.5, 0.6) is 5.75 Å². The van der Waals surface area contributed by atoms with E-state index < -0.39 is 0 Å². The van der Waals surface area contributed by atoms with E-state index in [1.54, 1.807) is 12.1 Å². The van der Waals surface area contributed by atoms with Crippen molar-refractivity contribution in [3.8, 4) is 5.75 Å². The van der Waals surface area contributed by atoms with Crippen LogP contribution < -0.4 is 5.32 Å². The SMILES string of the molecule is CC(C)(c1ccc(O)cc1)C(Cc1ccccc1)NCCO. The molecule has 1 unspecified atom stereocenters. The standard InChI is InChI=1S/C19H25NO2/c1-19(2,16-8-10-17(22)11-9-16)18(20-12-13-21)14-15-6-4-3-5-7-15/h3-11,18,20-22H,12-14H2,1-2H3.